The average Bonchev–Trinajstić information content (AvgIpc) is 2.39. The Hall–Kier alpha value is -2.62. The molecule has 4 heteroatoms. The van der Waals surface area contributed by atoms with Crippen molar-refractivity contribution in [3.05, 3.63) is 54.1 Å². The first-order valence-electron chi connectivity index (χ1n) is 5.69. The van der Waals surface area contributed by atoms with Crippen LogP contribution < -0.4 is 4.74 Å². The monoisotopic (exact) mass is 256 g/mol. The fraction of sp³-hybridized carbons (Fsp3) is 0.0667. The second kappa shape index (κ2) is 5.35. The van der Waals surface area contributed by atoms with Gasteiger partial charge in [0.25, 0.3) is 0 Å². The molecule has 0 bridgehead atoms. The number of carbonyl (C=O) groups is 2. The number of ether oxygens (including phenoxy) is 1. The largest absolute Gasteiger partial charge is 0.478 e. The van der Waals surface area contributed by atoms with Crippen LogP contribution in [0.15, 0.2) is 48.5 Å². The van der Waals surface area contributed by atoms with Crippen molar-refractivity contribution in [1.82, 2.24) is 0 Å². The Labute approximate surface area is 110 Å². The molecule has 1 N–H and O–H groups in total. The molecule has 0 atom stereocenters. The van der Waals surface area contributed by atoms with Crippen molar-refractivity contribution in [3.8, 4) is 16.9 Å². The summed E-state index contributed by atoms with van der Waals surface area (Å²) in [7, 11) is 0. The molecule has 0 amide bonds. The number of hydrogen-bond acceptors (Lipinski definition) is 3. The summed E-state index contributed by atoms with van der Waals surface area (Å²) in [5, 5.41) is 9.16. The Morgan fingerprint density at radius 2 is 1.68 bits per heavy atom. The normalized spacial score (nSPS) is 9.95. The van der Waals surface area contributed by atoms with Crippen LogP contribution in [0.4, 0.5) is 0 Å². The minimum Gasteiger partial charge on any atom is -0.478 e. The smallest absolute Gasteiger partial charge is 0.339 e. The van der Waals surface area contributed by atoms with Gasteiger partial charge in [-0.15, -0.1) is 0 Å². The van der Waals surface area contributed by atoms with Crippen LogP contribution in [0, 0.1) is 0 Å². The summed E-state index contributed by atoms with van der Waals surface area (Å²) in [4.78, 5) is 22.1. The first-order chi connectivity index (χ1) is 9.08. The Bertz CT molecular complexity index is 617. The predicted octanol–water partition coefficient (Wildman–Crippen LogP) is 2.98. The molecule has 2 aromatic carbocycles. The van der Waals surface area contributed by atoms with E-state index in [4.69, 9.17) is 9.84 Å². The zero-order chi connectivity index (χ0) is 13.8. The number of aromatic carboxylic acids is 1. The van der Waals surface area contributed by atoms with Gasteiger partial charge in [0.1, 0.15) is 11.3 Å². The van der Waals surface area contributed by atoms with Crippen LogP contribution in [0.5, 0.6) is 5.75 Å². The first-order valence-corrected chi connectivity index (χ1v) is 5.69. The lowest BCUT2D eigenvalue weighted by Gasteiger charge is -2.08. The molecule has 0 fully saturated rings. The lowest BCUT2D eigenvalue weighted by atomic mass is 10.0. The van der Waals surface area contributed by atoms with Crippen LogP contribution in [-0.2, 0) is 4.79 Å². The SMILES string of the molecule is CC(=O)Oc1ccc(-c2ccccc2)cc1C(=O)O. The number of carboxylic acid groups (broad SMARTS) is 1. The van der Waals surface area contributed by atoms with E-state index in [-0.39, 0.29) is 11.3 Å². The Kier molecular flexibility index (Phi) is 3.61. The van der Waals surface area contributed by atoms with Gasteiger partial charge >= 0.3 is 11.9 Å². The van der Waals surface area contributed by atoms with Gasteiger partial charge in [0, 0.05) is 6.92 Å². The van der Waals surface area contributed by atoms with Crippen molar-refractivity contribution in [2.24, 2.45) is 0 Å². The van der Waals surface area contributed by atoms with Gasteiger partial charge in [-0.3, -0.25) is 4.79 Å². The van der Waals surface area contributed by atoms with Crippen LogP contribution in [0.3, 0.4) is 0 Å². The van der Waals surface area contributed by atoms with Crippen LogP contribution in [0.25, 0.3) is 11.1 Å². The van der Waals surface area contributed by atoms with E-state index in [1.807, 2.05) is 30.3 Å². The summed E-state index contributed by atoms with van der Waals surface area (Å²) in [6.45, 7) is 1.23. The zero-order valence-electron chi connectivity index (χ0n) is 10.3. The number of rotatable bonds is 3. The van der Waals surface area contributed by atoms with Crippen LogP contribution >= 0.6 is 0 Å². The van der Waals surface area contributed by atoms with Gasteiger partial charge in [0.15, 0.2) is 0 Å². The molecule has 0 heterocycles. The maximum atomic E-state index is 11.2. The summed E-state index contributed by atoms with van der Waals surface area (Å²) in [6, 6.07) is 14.1. The Morgan fingerprint density at radius 3 is 2.26 bits per heavy atom. The number of carboxylic acids is 1. The van der Waals surface area contributed by atoms with E-state index in [2.05, 4.69) is 0 Å². The number of esters is 1. The second-order valence-corrected chi connectivity index (χ2v) is 3.98. The maximum absolute atomic E-state index is 11.2. The summed E-state index contributed by atoms with van der Waals surface area (Å²) >= 11 is 0. The lowest BCUT2D eigenvalue weighted by Crippen LogP contribution is -2.07. The molecule has 96 valence electrons. The van der Waals surface area contributed by atoms with Gasteiger partial charge < -0.3 is 9.84 Å². The van der Waals surface area contributed by atoms with Crippen LogP contribution in [-0.4, -0.2) is 17.0 Å². The Morgan fingerprint density at radius 1 is 1.00 bits per heavy atom. The third-order valence-electron chi connectivity index (χ3n) is 2.57. The molecule has 0 unspecified atom stereocenters. The fourth-order valence-corrected chi connectivity index (χ4v) is 1.75. The number of carbonyl (C=O) groups excluding carboxylic acids is 1. The average molecular weight is 256 g/mol. The minimum absolute atomic E-state index is 0.0310. The van der Waals surface area contributed by atoms with Crippen molar-refractivity contribution in [3.63, 3.8) is 0 Å². The molecule has 4 nitrogen and oxygen atoms in total. The highest BCUT2D eigenvalue weighted by Gasteiger charge is 2.14. The molecule has 0 aliphatic carbocycles. The third-order valence-corrected chi connectivity index (χ3v) is 2.57. The quantitative estimate of drug-likeness (QED) is 0.677. The van der Waals surface area contributed by atoms with Gasteiger partial charge in [0.2, 0.25) is 0 Å². The zero-order valence-corrected chi connectivity index (χ0v) is 10.3. The van der Waals surface area contributed by atoms with Gasteiger partial charge in [-0.2, -0.15) is 0 Å². The highest BCUT2D eigenvalue weighted by Crippen LogP contribution is 2.26. The van der Waals surface area contributed by atoms with Crippen molar-refractivity contribution in [2.75, 3.05) is 0 Å². The first kappa shape index (κ1) is 12.8. The molecular weight excluding hydrogens is 244 g/mol. The topological polar surface area (TPSA) is 63.6 Å². The van der Waals surface area contributed by atoms with Crippen molar-refractivity contribution in [2.45, 2.75) is 6.92 Å². The minimum atomic E-state index is -1.13. The highest BCUT2D eigenvalue weighted by atomic mass is 16.5. The summed E-state index contributed by atoms with van der Waals surface area (Å²) in [5.41, 5.74) is 1.63. The molecule has 0 spiro atoms. The van der Waals surface area contributed by atoms with E-state index >= 15 is 0 Å². The van der Waals surface area contributed by atoms with E-state index in [1.54, 1.807) is 6.07 Å². The molecule has 0 aromatic heterocycles. The third kappa shape index (κ3) is 2.98. The number of benzene rings is 2. The standard InChI is InChI=1S/C15H12O4/c1-10(16)19-14-8-7-12(9-13(14)15(17)18)11-5-3-2-4-6-11/h2-9H,1H3,(H,17,18). The van der Waals surface area contributed by atoms with E-state index in [9.17, 15) is 9.59 Å². The molecule has 0 aliphatic heterocycles. The van der Waals surface area contributed by atoms with E-state index in [0.29, 0.717) is 0 Å². The van der Waals surface area contributed by atoms with E-state index in [1.165, 1.54) is 19.1 Å². The van der Waals surface area contributed by atoms with Gasteiger partial charge in [-0.1, -0.05) is 36.4 Å². The fourth-order valence-electron chi connectivity index (χ4n) is 1.75. The lowest BCUT2D eigenvalue weighted by molar-refractivity contribution is -0.131. The van der Waals surface area contributed by atoms with Gasteiger partial charge in [0.05, 0.1) is 0 Å². The van der Waals surface area contributed by atoms with Crippen molar-refractivity contribution < 1.29 is 19.4 Å². The molecule has 2 aromatic rings. The summed E-state index contributed by atoms with van der Waals surface area (Å²) in [6.07, 6.45) is 0. The van der Waals surface area contributed by atoms with Crippen molar-refractivity contribution >= 4 is 11.9 Å². The molecule has 0 saturated carbocycles. The van der Waals surface area contributed by atoms with E-state index in [0.717, 1.165) is 11.1 Å². The molecule has 0 saturated heterocycles. The van der Waals surface area contributed by atoms with Crippen LogP contribution in [0.1, 0.15) is 17.3 Å². The molecule has 19 heavy (non-hydrogen) atoms. The van der Waals surface area contributed by atoms with Crippen LogP contribution in [0.2, 0.25) is 0 Å². The second-order valence-electron chi connectivity index (χ2n) is 3.98. The highest BCUT2D eigenvalue weighted by molar-refractivity contribution is 5.93. The van der Waals surface area contributed by atoms with Gasteiger partial charge in [-0.25, -0.2) is 4.79 Å². The van der Waals surface area contributed by atoms with Gasteiger partial charge in [-0.05, 0) is 23.3 Å². The molecule has 0 radical (unpaired) electrons. The molecular formula is C15H12O4. The predicted molar refractivity (Wildman–Crippen MR) is 70.1 cm³/mol. The Balaban J connectivity index is 2.48. The van der Waals surface area contributed by atoms with E-state index < -0.39 is 11.9 Å². The molecule has 2 rings (SSSR count). The molecule has 0 aliphatic rings. The van der Waals surface area contributed by atoms with Crippen molar-refractivity contribution in [1.29, 1.82) is 0 Å². The maximum Gasteiger partial charge on any atom is 0.339 e. The summed E-state index contributed by atoms with van der Waals surface area (Å²) < 4.78 is 4.88. The number of hydrogen-bond donors (Lipinski definition) is 1. The summed E-state index contributed by atoms with van der Waals surface area (Å²) in [5.74, 6) is -1.62.